The molecule has 2 aliphatic rings. The maximum atomic E-state index is 13.4. The van der Waals surface area contributed by atoms with E-state index >= 15 is 0 Å². The molecule has 2 aliphatic heterocycles. The van der Waals surface area contributed by atoms with Crippen molar-refractivity contribution in [2.24, 2.45) is 0 Å². The Balaban J connectivity index is 1.30. The summed E-state index contributed by atoms with van der Waals surface area (Å²) in [7, 11) is -3.17. The molecule has 208 valence electrons. The number of hydrogen-bond donors (Lipinski definition) is 2. The Bertz CT molecular complexity index is 1210. The Morgan fingerprint density at radius 2 is 1.63 bits per heavy atom. The molecule has 1 amide bonds. The summed E-state index contributed by atoms with van der Waals surface area (Å²) in [6.45, 7) is 12.3. The van der Waals surface area contributed by atoms with Crippen LogP contribution >= 0.6 is 0 Å². The van der Waals surface area contributed by atoms with Crippen LogP contribution in [0.25, 0.3) is 0 Å². The first kappa shape index (κ1) is 28.4. The summed E-state index contributed by atoms with van der Waals surface area (Å²) in [5, 5.41) is 3.38. The number of carbonyl (C=O) groups excluding carboxylic acids is 1. The number of likely N-dealkylation sites (tertiary alicyclic amines) is 2. The molecule has 1 aromatic carbocycles. The van der Waals surface area contributed by atoms with Gasteiger partial charge < -0.3 is 15.1 Å². The predicted octanol–water partition coefficient (Wildman–Crippen LogP) is 3.31. The zero-order valence-corrected chi connectivity index (χ0v) is 24.1. The molecule has 0 atom stereocenters. The summed E-state index contributed by atoms with van der Waals surface area (Å²) in [6, 6.07) is 9.03. The summed E-state index contributed by atoms with van der Waals surface area (Å²) in [5.74, 6) is 0.640. The third-order valence-electron chi connectivity index (χ3n) is 7.74. The van der Waals surface area contributed by atoms with E-state index in [1.54, 1.807) is 0 Å². The maximum absolute atomic E-state index is 13.4. The molecule has 0 spiro atoms. The number of nitrogens with zero attached hydrogens (tertiary/aromatic N) is 4. The minimum absolute atomic E-state index is 0.0225. The van der Waals surface area contributed by atoms with Crippen LogP contribution in [0.3, 0.4) is 0 Å². The van der Waals surface area contributed by atoms with Crippen LogP contribution in [-0.2, 0) is 22.0 Å². The number of benzene rings is 1. The van der Waals surface area contributed by atoms with Crippen molar-refractivity contribution in [2.75, 3.05) is 37.8 Å². The maximum Gasteiger partial charge on any atom is 0.272 e. The van der Waals surface area contributed by atoms with Gasteiger partial charge in [-0.15, -0.1) is 0 Å². The summed E-state index contributed by atoms with van der Waals surface area (Å²) in [6.07, 6.45) is 6.15. The predicted molar refractivity (Wildman–Crippen MR) is 151 cm³/mol. The average Bonchev–Trinajstić information content (AvgIpc) is 2.87. The number of amides is 1. The summed E-state index contributed by atoms with van der Waals surface area (Å²) < 4.78 is 25.8. The van der Waals surface area contributed by atoms with E-state index in [2.05, 4.69) is 69.9 Å². The molecule has 0 unspecified atom stereocenters. The van der Waals surface area contributed by atoms with E-state index in [9.17, 15) is 13.2 Å². The van der Waals surface area contributed by atoms with Gasteiger partial charge in [0, 0.05) is 37.3 Å². The molecular formula is C28H42N6O3S. The molecule has 0 aliphatic carbocycles. The molecule has 4 rings (SSSR count). The van der Waals surface area contributed by atoms with Gasteiger partial charge in [-0.25, -0.2) is 23.1 Å². The zero-order valence-electron chi connectivity index (χ0n) is 23.3. The highest BCUT2D eigenvalue weighted by atomic mass is 32.2. The average molecular weight is 543 g/mol. The molecule has 38 heavy (non-hydrogen) atoms. The standard InChI is InChI=1S/C28H42N6O3S/c1-20-25(30-19-31-26(20)29-18-21-6-8-22(9-7-21)28(2,3)4)27(35)34-16-12-24(13-17-34)33-14-10-23(11-15-33)32-38(5,36)37/h6-9,19,23-24,32H,10-18H2,1-5H3,(H,29,30,31). The number of piperidine rings is 2. The molecular weight excluding hydrogens is 500 g/mol. The molecule has 9 nitrogen and oxygen atoms in total. The van der Waals surface area contributed by atoms with E-state index in [1.807, 2.05) is 11.8 Å². The van der Waals surface area contributed by atoms with Gasteiger partial charge in [0.2, 0.25) is 10.0 Å². The second kappa shape index (κ2) is 11.7. The normalized spacial score (nSPS) is 18.5. The Labute approximate surface area is 227 Å². The smallest absolute Gasteiger partial charge is 0.272 e. The van der Waals surface area contributed by atoms with E-state index in [0.717, 1.165) is 49.9 Å². The van der Waals surface area contributed by atoms with Crippen molar-refractivity contribution in [2.45, 2.75) is 77.4 Å². The second-order valence-corrected chi connectivity index (χ2v) is 13.5. The van der Waals surface area contributed by atoms with Crippen molar-refractivity contribution in [1.29, 1.82) is 0 Å². The SMILES string of the molecule is Cc1c(NCc2ccc(C(C)(C)C)cc2)ncnc1C(=O)N1CCC(N2CCC(NS(C)(=O)=O)CC2)CC1. The zero-order chi connectivity index (χ0) is 27.5. The molecule has 10 heteroatoms. The molecule has 2 saturated heterocycles. The molecule has 2 aromatic rings. The van der Waals surface area contributed by atoms with Gasteiger partial charge in [0.05, 0.1) is 6.26 Å². The van der Waals surface area contributed by atoms with Gasteiger partial charge in [-0.1, -0.05) is 45.0 Å². The number of sulfonamides is 1. The summed E-state index contributed by atoms with van der Waals surface area (Å²) in [5.41, 5.74) is 3.79. The first-order valence-electron chi connectivity index (χ1n) is 13.6. The van der Waals surface area contributed by atoms with Crippen molar-refractivity contribution in [3.05, 3.63) is 53.0 Å². The number of hydrogen-bond acceptors (Lipinski definition) is 7. The number of nitrogens with one attached hydrogen (secondary N) is 2. The van der Waals surface area contributed by atoms with Crippen LogP contribution in [0.1, 0.15) is 73.6 Å². The molecule has 3 heterocycles. The molecule has 0 radical (unpaired) electrons. The van der Waals surface area contributed by atoms with E-state index in [4.69, 9.17) is 0 Å². The summed E-state index contributed by atoms with van der Waals surface area (Å²) in [4.78, 5) is 26.5. The van der Waals surface area contributed by atoms with Crippen LogP contribution < -0.4 is 10.0 Å². The van der Waals surface area contributed by atoms with Crippen LogP contribution in [0, 0.1) is 6.92 Å². The summed E-state index contributed by atoms with van der Waals surface area (Å²) >= 11 is 0. The highest BCUT2D eigenvalue weighted by Crippen LogP contribution is 2.25. The van der Waals surface area contributed by atoms with Gasteiger partial charge in [-0.05, 0) is 62.2 Å². The number of carbonyl (C=O) groups is 1. The molecule has 0 saturated carbocycles. The fraction of sp³-hybridized carbons (Fsp3) is 0.607. The van der Waals surface area contributed by atoms with Gasteiger partial charge in [-0.2, -0.15) is 0 Å². The van der Waals surface area contributed by atoms with Crippen molar-refractivity contribution >= 4 is 21.7 Å². The Morgan fingerprint density at radius 1 is 1.00 bits per heavy atom. The van der Waals surface area contributed by atoms with Gasteiger partial charge in [0.15, 0.2) is 0 Å². The van der Waals surface area contributed by atoms with Crippen LogP contribution in [0.2, 0.25) is 0 Å². The molecule has 2 fully saturated rings. The largest absolute Gasteiger partial charge is 0.366 e. The minimum atomic E-state index is -3.17. The lowest BCUT2D eigenvalue weighted by Crippen LogP contribution is -2.51. The Hall–Kier alpha value is -2.56. The van der Waals surface area contributed by atoms with Crippen molar-refractivity contribution in [1.82, 2.24) is 24.5 Å². The van der Waals surface area contributed by atoms with Crippen LogP contribution in [-0.4, -0.2) is 78.6 Å². The van der Waals surface area contributed by atoms with E-state index in [1.165, 1.54) is 18.1 Å². The minimum Gasteiger partial charge on any atom is -0.366 e. The second-order valence-electron chi connectivity index (χ2n) is 11.7. The third kappa shape index (κ3) is 7.30. The fourth-order valence-electron chi connectivity index (χ4n) is 5.42. The van der Waals surface area contributed by atoms with Crippen molar-refractivity contribution in [3.8, 4) is 0 Å². The topological polar surface area (TPSA) is 108 Å². The van der Waals surface area contributed by atoms with Crippen molar-refractivity contribution in [3.63, 3.8) is 0 Å². The highest BCUT2D eigenvalue weighted by molar-refractivity contribution is 7.88. The van der Waals surface area contributed by atoms with Gasteiger partial charge in [0.1, 0.15) is 17.8 Å². The van der Waals surface area contributed by atoms with E-state index < -0.39 is 10.0 Å². The lowest BCUT2D eigenvalue weighted by molar-refractivity contribution is 0.0570. The van der Waals surface area contributed by atoms with E-state index in [0.29, 0.717) is 37.2 Å². The van der Waals surface area contributed by atoms with Crippen LogP contribution in [0.4, 0.5) is 5.82 Å². The first-order valence-corrected chi connectivity index (χ1v) is 15.5. The molecule has 0 bridgehead atoms. The first-order chi connectivity index (χ1) is 17.9. The quantitative estimate of drug-likeness (QED) is 0.553. The Morgan fingerprint density at radius 3 is 2.21 bits per heavy atom. The highest BCUT2D eigenvalue weighted by Gasteiger charge is 2.31. The fourth-order valence-corrected chi connectivity index (χ4v) is 6.26. The number of aromatic nitrogens is 2. The third-order valence-corrected chi connectivity index (χ3v) is 8.51. The monoisotopic (exact) mass is 542 g/mol. The number of anilines is 1. The van der Waals surface area contributed by atoms with Gasteiger partial charge >= 0.3 is 0 Å². The van der Waals surface area contributed by atoms with Crippen LogP contribution in [0.15, 0.2) is 30.6 Å². The molecule has 2 N–H and O–H groups in total. The van der Waals surface area contributed by atoms with E-state index in [-0.39, 0.29) is 17.4 Å². The molecule has 1 aromatic heterocycles. The lowest BCUT2D eigenvalue weighted by atomic mass is 9.87. The van der Waals surface area contributed by atoms with Gasteiger partial charge in [-0.3, -0.25) is 4.79 Å². The van der Waals surface area contributed by atoms with Gasteiger partial charge in [0.25, 0.3) is 5.91 Å². The Kier molecular flexibility index (Phi) is 8.74. The van der Waals surface area contributed by atoms with Crippen LogP contribution in [0.5, 0.6) is 0 Å². The number of rotatable bonds is 7. The lowest BCUT2D eigenvalue weighted by Gasteiger charge is -2.41. The van der Waals surface area contributed by atoms with Crippen molar-refractivity contribution < 1.29 is 13.2 Å².